The predicted octanol–water partition coefficient (Wildman–Crippen LogP) is 2.30. The van der Waals surface area contributed by atoms with Gasteiger partial charge in [-0.1, -0.05) is 5.16 Å². The average molecular weight is 371 g/mol. The summed E-state index contributed by atoms with van der Waals surface area (Å²) in [6, 6.07) is 0. The summed E-state index contributed by atoms with van der Waals surface area (Å²) in [5.74, 6) is 1.11. The number of hydrogen-bond donors (Lipinski definition) is 1. The number of rotatable bonds is 4. The largest absolute Gasteiger partial charge is 0.339 e. The molecule has 26 heavy (non-hydrogen) atoms. The fourth-order valence-electron chi connectivity index (χ4n) is 3.90. The molecule has 0 saturated heterocycles. The number of aromatic nitrogens is 4. The second-order valence-electron chi connectivity index (χ2n) is 7.41. The summed E-state index contributed by atoms with van der Waals surface area (Å²) >= 11 is 1.67. The molecule has 3 aromatic heterocycles. The van der Waals surface area contributed by atoms with Crippen molar-refractivity contribution in [1.29, 1.82) is 0 Å². The normalized spacial score (nSPS) is 18.7. The standard InChI is InChI=1S/C18H21N5O2S/c19-18(7-3-8-18)17-21-13(25-22-17)6-9-23-10-20-15-14(16(23)24)11-4-1-2-5-12(11)26-15/h10H,1-9,19H2. The lowest BCUT2D eigenvalue weighted by Gasteiger charge is -2.34. The molecule has 0 spiro atoms. The molecular weight excluding hydrogens is 350 g/mol. The van der Waals surface area contributed by atoms with Gasteiger partial charge in [-0.25, -0.2) is 4.98 Å². The van der Waals surface area contributed by atoms with Crippen molar-refractivity contribution in [2.75, 3.05) is 0 Å². The van der Waals surface area contributed by atoms with Crippen molar-refractivity contribution >= 4 is 21.6 Å². The molecule has 0 unspecified atom stereocenters. The van der Waals surface area contributed by atoms with Gasteiger partial charge in [-0.15, -0.1) is 11.3 Å². The van der Waals surface area contributed by atoms with E-state index < -0.39 is 5.54 Å². The van der Waals surface area contributed by atoms with Crippen LogP contribution in [0, 0.1) is 0 Å². The van der Waals surface area contributed by atoms with Crippen LogP contribution in [0.5, 0.6) is 0 Å². The minimum atomic E-state index is -0.422. The minimum absolute atomic E-state index is 0.0448. The highest BCUT2D eigenvalue weighted by atomic mass is 32.1. The molecule has 0 bridgehead atoms. The molecule has 1 saturated carbocycles. The second kappa shape index (κ2) is 5.99. The van der Waals surface area contributed by atoms with Gasteiger partial charge in [0.15, 0.2) is 5.82 Å². The second-order valence-corrected chi connectivity index (χ2v) is 8.49. The molecule has 2 aliphatic rings. The van der Waals surface area contributed by atoms with Gasteiger partial charge in [0.1, 0.15) is 4.83 Å². The van der Waals surface area contributed by atoms with Crippen LogP contribution in [0.4, 0.5) is 0 Å². The Morgan fingerprint density at radius 1 is 1.27 bits per heavy atom. The summed E-state index contributed by atoms with van der Waals surface area (Å²) in [7, 11) is 0. The fraction of sp³-hybridized carbons (Fsp3) is 0.556. The quantitative estimate of drug-likeness (QED) is 0.755. The van der Waals surface area contributed by atoms with E-state index in [-0.39, 0.29) is 5.56 Å². The molecule has 2 aliphatic carbocycles. The molecular formula is C18H21N5O2S. The molecule has 5 rings (SSSR count). The van der Waals surface area contributed by atoms with Gasteiger partial charge in [0.05, 0.1) is 17.3 Å². The Kier molecular flexibility index (Phi) is 3.72. The Labute approximate surface area is 154 Å². The fourth-order valence-corrected chi connectivity index (χ4v) is 5.12. The Morgan fingerprint density at radius 2 is 2.12 bits per heavy atom. The molecule has 1 fully saturated rings. The van der Waals surface area contributed by atoms with Crippen molar-refractivity contribution in [3.63, 3.8) is 0 Å². The molecule has 3 aromatic rings. The smallest absolute Gasteiger partial charge is 0.262 e. The van der Waals surface area contributed by atoms with Crippen LogP contribution in [-0.2, 0) is 31.3 Å². The molecule has 0 aromatic carbocycles. The van der Waals surface area contributed by atoms with Crippen LogP contribution in [0.2, 0.25) is 0 Å². The van der Waals surface area contributed by atoms with E-state index in [9.17, 15) is 4.79 Å². The first-order valence-corrected chi connectivity index (χ1v) is 10.1. The highest BCUT2D eigenvalue weighted by Gasteiger charge is 2.38. The van der Waals surface area contributed by atoms with Crippen LogP contribution >= 0.6 is 11.3 Å². The van der Waals surface area contributed by atoms with Crippen molar-refractivity contribution in [2.45, 2.75) is 63.5 Å². The van der Waals surface area contributed by atoms with Crippen LogP contribution in [-0.4, -0.2) is 19.7 Å². The third kappa shape index (κ3) is 2.51. The van der Waals surface area contributed by atoms with E-state index in [1.807, 2.05) is 0 Å². The first-order chi connectivity index (χ1) is 12.6. The summed E-state index contributed by atoms with van der Waals surface area (Å²) in [4.78, 5) is 24.1. The minimum Gasteiger partial charge on any atom is -0.339 e. The molecule has 0 atom stereocenters. The Bertz CT molecular complexity index is 1030. The zero-order valence-electron chi connectivity index (χ0n) is 14.5. The number of nitrogens with zero attached hydrogens (tertiary/aromatic N) is 4. The summed E-state index contributed by atoms with van der Waals surface area (Å²) in [5.41, 5.74) is 7.08. The molecule has 7 nitrogen and oxygen atoms in total. The van der Waals surface area contributed by atoms with E-state index in [2.05, 4.69) is 15.1 Å². The lowest BCUT2D eigenvalue weighted by atomic mass is 9.77. The lowest BCUT2D eigenvalue weighted by molar-refractivity contribution is 0.229. The van der Waals surface area contributed by atoms with Gasteiger partial charge in [0, 0.05) is 17.8 Å². The Balaban J connectivity index is 1.40. The van der Waals surface area contributed by atoms with Crippen molar-refractivity contribution in [3.8, 4) is 0 Å². The highest BCUT2D eigenvalue weighted by molar-refractivity contribution is 7.18. The SMILES string of the molecule is NC1(c2noc(CCn3cnc4sc5c(c4c3=O)CCCC5)n2)CCC1. The van der Waals surface area contributed by atoms with E-state index in [0.717, 1.165) is 48.7 Å². The van der Waals surface area contributed by atoms with Crippen LogP contribution in [0.1, 0.15) is 54.3 Å². The van der Waals surface area contributed by atoms with Crippen LogP contribution < -0.4 is 11.3 Å². The number of thiophene rings is 1. The third-order valence-corrected chi connectivity index (χ3v) is 6.87. The van der Waals surface area contributed by atoms with Gasteiger partial charge in [0.25, 0.3) is 5.56 Å². The zero-order valence-corrected chi connectivity index (χ0v) is 15.3. The van der Waals surface area contributed by atoms with Gasteiger partial charge >= 0.3 is 0 Å². The van der Waals surface area contributed by atoms with Gasteiger partial charge in [-0.3, -0.25) is 9.36 Å². The summed E-state index contributed by atoms with van der Waals surface area (Å²) in [6.07, 6.45) is 9.46. The van der Waals surface area contributed by atoms with Gasteiger partial charge in [0.2, 0.25) is 5.89 Å². The molecule has 0 aliphatic heterocycles. The average Bonchev–Trinajstić information content (AvgIpc) is 3.24. The van der Waals surface area contributed by atoms with E-state index in [4.69, 9.17) is 10.3 Å². The van der Waals surface area contributed by atoms with E-state index in [1.54, 1.807) is 22.2 Å². The molecule has 136 valence electrons. The predicted molar refractivity (Wildman–Crippen MR) is 98.2 cm³/mol. The number of nitrogens with two attached hydrogens (primary N) is 1. The van der Waals surface area contributed by atoms with Gasteiger partial charge < -0.3 is 10.3 Å². The van der Waals surface area contributed by atoms with Crippen molar-refractivity contribution in [2.24, 2.45) is 5.73 Å². The van der Waals surface area contributed by atoms with Crippen LogP contribution in [0.15, 0.2) is 15.6 Å². The van der Waals surface area contributed by atoms with E-state index in [1.165, 1.54) is 16.9 Å². The zero-order chi connectivity index (χ0) is 17.7. The molecule has 2 N–H and O–H groups in total. The topological polar surface area (TPSA) is 99.8 Å². The van der Waals surface area contributed by atoms with E-state index >= 15 is 0 Å². The first-order valence-electron chi connectivity index (χ1n) is 9.26. The lowest BCUT2D eigenvalue weighted by Crippen LogP contribution is -2.44. The summed E-state index contributed by atoms with van der Waals surface area (Å²) in [6.45, 7) is 0.478. The van der Waals surface area contributed by atoms with Gasteiger partial charge in [-0.05, 0) is 50.5 Å². The maximum absolute atomic E-state index is 12.9. The molecule has 0 amide bonds. The molecule has 8 heteroatoms. The third-order valence-electron chi connectivity index (χ3n) is 5.67. The summed E-state index contributed by atoms with van der Waals surface area (Å²) < 4.78 is 7.00. The molecule has 0 radical (unpaired) electrons. The highest BCUT2D eigenvalue weighted by Crippen LogP contribution is 2.37. The van der Waals surface area contributed by atoms with Crippen molar-refractivity contribution in [3.05, 3.63) is 38.8 Å². The maximum atomic E-state index is 12.9. The Hall–Kier alpha value is -2.06. The van der Waals surface area contributed by atoms with Crippen LogP contribution in [0.25, 0.3) is 10.2 Å². The van der Waals surface area contributed by atoms with Crippen molar-refractivity contribution in [1.82, 2.24) is 19.7 Å². The maximum Gasteiger partial charge on any atom is 0.262 e. The number of hydrogen-bond acceptors (Lipinski definition) is 7. The Morgan fingerprint density at radius 3 is 2.92 bits per heavy atom. The van der Waals surface area contributed by atoms with Crippen LogP contribution in [0.3, 0.4) is 0 Å². The monoisotopic (exact) mass is 371 g/mol. The van der Waals surface area contributed by atoms with Gasteiger partial charge in [-0.2, -0.15) is 4.98 Å². The molecule has 3 heterocycles. The number of fused-ring (bicyclic) bond motifs is 3. The summed E-state index contributed by atoms with van der Waals surface area (Å²) in [5, 5.41) is 4.85. The van der Waals surface area contributed by atoms with Crippen molar-refractivity contribution < 1.29 is 4.52 Å². The van der Waals surface area contributed by atoms with E-state index in [0.29, 0.717) is 24.7 Å². The number of aryl methyl sites for hydroxylation is 4. The first kappa shape index (κ1) is 16.1.